The van der Waals surface area contributed by atoms with E-state index in [1.165, 1.54) is 0 Å². The number of nitrogens with two attached hydrogens (primary N) is 1. The van der Waals surface area contributed by atoms with Gasteiger partial charge in [0, 0.05) is 31.2 Å². The van der Waals surface area contributed by atoms with Crippen molar-refractivity contribution < 1.29 is 0 Å². The fraction of sp³-hybridized carbons (Fsp3) is 0.500. The number of nitrogen functional groups attached to an aromatic ring is 1. The standard InChI is InChI=1S/C12H19N5S/c1-4-9(8-18-3)16(2)12-11-14-5-6-17(11)7-10(13)15-12/h5-7,9H,4,8,13H2,1-3H3. The van der Waals surface area contributed by atoms with Crippen LogP contribution in [0.15, 0.2) is 18.6 Å². The highest BCUT2D eigenvalue weighted by molar-refractivity contribution is 7.98. The third kappa shape index (κ3) is 2.38. The highest BCUT2D eigenvalue weighted by Gasteiger charge is 2.18. The van der Waals surface area contributed by atoms with Crippen molar-refractivity contribution in [3.8, 4) is 0 Å². The number of aromatic nitrogens is 3. The molecule has 6 heteroatoms. The third-order valence-corrected chi connectivity index (χ3v) is 3.81. The van der Waals surface area contributed by atoms with Crippen LogP contribution in [0.5, 0.6) is 0 Å². The van der Waals surface area contributed by atoms with E-state index in [2.05, 4.69) is 35.1 Å². The van der Waals surface area contributed by atoms with Crippen molar-refractivity contribution in [3.63, 3.8) is 0 Å². The van der Waals surface area contributed by atoms with E-state index in [-0.39, 0.29) is 0 Å². The number of hydrogen-bond donors (Lipinski definition) is 1. The van der Waals surface area contributed by atoms with Crippen LogP contribution in [0.1, 0.15) is 13.3 Å². The first-order chi connectivity index (χ1) is 8.67. The van der Waals surface area contributed by atoms with Crippen molar-refractivity contribution in [2.75, 3.05) is 29.7 Å². The Balaban J connectivity index is 2.42. The van der Waals surface area contributed by atoms with E-state index in [9.17, 15) is 0 Å². The lowest BCUT2D eigenvalue weighted by molar-refractivity contribution is 0.666. The molecule has 0 fully saturated rings. The monoisotopic (exact) mass is 265 g/mol. The highest BCUT2D eigenvalue weighted by atomic mass is 32.2. The van der Waals surface area contributed by atoms with Gasteiger partial charge in [0.15, 0.2) is 11.5 Å². The number of rotatable bonds is 5. The summed E-state index contributed by atoms with van der Waals surface area (Å²) in [5, 5.41) is 0. The van der Waals surface area contributed by atoms with Gasteiger partial charge in [0.05, 0.1) is 6.20 Å². The number of hydrogen-bond acceptors (Lipinski definition) is 5. The predicted octanol–water partition coefficient (Wildman–Crippen LogP) is 1.89. The van der Waals surface area contributed by atoms with Gasteiger partial charge >= 0.3 is 0 Å². The van der Waals surface area contributed by atoms with Gasteiger partial charge in [0.25, 0.3) is 0 Å². The van der Waals surface area contributed by atoms with Crippen molar-refractivity contribution in [1.82, 2.24) is 14.4 Å². The molecule has 1 atom stereocenters. The molecular formula is C12H19N5S. The Morgan fingerprint density at radius 2 is 2.33 bits per heavy atom. The van der Waals surface area contributed by atoms with Crippen molar-refractivity contribution >= 4 is 29.0 Å². The first kappa shape index (κ1) is 13.0. The molecule has 0 saturated carbocycles. The van der Waals surface area contributed by atoms with Crippen molar-refractivity contribution in [2.24, 2.45) is 0 Å². The summed E-state index contributed by atoms with van der Waals surface area (Å²) in [7, 11) is 2.06. The summed E-state index contributed by atoms with van der Waals surface area (Å²) < 4.78 is 1.92. The van der Waals surface area contributed by atoms with Crippen molar-refractivity contribution in [3.05, 3.63) is 18.6 Å². The molecule has 1 unspecified atom stereocenters. The molecule has 0 spiro atoms. The molecule has 18 heavy (non-hydrogen) atoms. The van der Waals surface area contributed by atoms with Crippen LogP contribution in [0.2, 0.25) is 0 Å². The molecular weight excluding hydrogens is 246 g/mol. The normalized spacial score (nSPS) is 12.8. The lowest BCUT2D eigenvalue weighted by Crippen LogP contribution is -2.34. The minimum atomic E-state index is 0.440. The maximum Gasteiger partial charge on any atom is 0.180 e. The Morgan fingerprint density at radius 1 is 1.56 bits per heavy atom. The largest absolute Gasteiger partial charge is 0.382 e. The summed E-state index contributed by atoms with van der Waals surface area (Å²) in [5.74, 6) is 2.43. The summed E-state index contributed by atoms with van der Waals surface area (Å²) in [6.07, 6.45) is 8.63. The lowest BCUT2D eigenvalue weighted by atomic mass is 10.2. The van der Waals surface area contributed by atoms with E-state index in [1.807, 2.05) is 22.4 Å². The SMILES string of the molecule is CCC(CSC)N(C)c1nc(N)cn2ccnc12. The van der Waals surface area contributed by atoms with Crippen LogP contribution in [0, 0.1) is 0 Å². The summed E-state index contributed by atoms with van der Waals surface area (Å²) in [6, 6.07) is 0.440. The van der Waals surface area contributed by atoms with Gasteiger partial charge in [-0.1, -0.05) is 6.92 Å². The van der Waals surface area contributed by atoms with Gasteiger partial charge in [0.1, 0.15) is 5.82 Å². The van der Waals surface area contributed by atoms with E-state index in [1.54, 1.807) is 12.4 Å². The summed E-state index contributed by atoms with van der Waals surface area (Å²) in [5.41, 5.74) is 6.70. The molecule has 2 rings (SSSR count). The zero-order valence-corrected chi connectivity index (χ0v) is 11.8. The molecule has 2 aromatic heterocycles. The first-order valence-electron chi connectivity index (χ1n) is 5.98. The van der Waals surface area contributed by atoms with E-state index >= 15 is 0 Å². The van der Waals surface area contributed by atoms with Gasteiger partial charge < -0.3 is 15.0 Å². The second-order valence-corrected chi connectivity index (χ2v) is 5.19. The lowest BCUT2D eigenvalue weighted by Gasteiger charge is -2.28. The quantitative estimate of drug-likeness (QED) is 0.894. The van der Waals surface area contributed by atoms with Crippen molar-refractivity contribution in [2.45, 2.75) is 19.4 Å². The number of imidazole rings is 1. The molecule has 0 radical (unpaired) electrons. The molecule has 0 aliphatic rings. The fourth-order valence-electron chi connectivity index (χ4n) is 2.04. The van der Waals surface area contributed by atoms with Crippen LogP contribution in [0.3, 0.4) is 0 Å². The molecule has 0 aromatic carbocycles. The zero-order valence-electron chi connectivity index (χ0n) is 11.0. The maximum atomic E-state index is 5.85. The Bertz CT molecular complexity index is 524. The molecule has 5 nitrogen and oxygen atoms in total. The van der Waals surface area contributed by atoms with E-state index < -0.39 is 0 Å². The molecule has 2 aromatic rings. The molecule has 0 aliphatic heterocycles. The highest BCUT2D eigenvalue weighted by Crippen LogP contribution is 2.22. The molecule has 0 aliphatic carbocycles. The number of thioether (sulfide) groups is 1. The van der Waals surface area contributed by atoms with Crippen LogP contribution >= 0.6 is 11.8 Å². The van der Waals surface area contributed by atoms with Crippen LogP contribution in [0.25, 0.3) is 5.65 Å². The second-order valence-electron chi connectivity index (χ2n) is 4.28. The van der Waals surface area contributed by atoms with Gasteiger partial charge in [-0.05, 0) is 12.7 Å². The smallest absolute Gasteiger partial charge is 0.180 e. The third-order valence-electron chi connectivity index (χ3n) is 3.09. The minimum Gasteiger partial charge on any atom is -0.382 e. The van der Waals surface area contributed by atoms with Gasteiger partial charge in [-0.2, -0.15) is 11.8 Å². The molecule has 98 valence electrons. The predicted molar refractivity (Wildman–Crippen MR) is 78.3 cm³/mol. The van der Waals surface area contributed by atoms with Gasteiger partial charge in [-0.3, -0.25) is 0 Å². The Hall–Kier alpha value is -1.43. The van der Waals surface area contributed by atoms with Crippen LogP contribution in [0.4, 0.5) is 11.6 Å². The average Bonchev–Trinajstić information content (AvgIpc) is 2.82. The molecule has 2 N–H and O–H groups in total. The Morgan fingerprint density at radius 3 is 3.00 bits per heavy atom. The van der Waals surface area contributed by atoms with Gasteiger partial charge in [-0.15, -0.1) is 0 Å². The van der Waals surface area contributed by atoms with Gasteiger partial charge in [0.2, 0.25) is 0 Å². The average molecular weight is 265 g/mol. The summed E-state index contributed by atoms with van der Waals surface area (Å²) >= 11 is 1.84. The Kier molecular flexibility index (Phi) is 3.96. The van der Waals surface area contributed by atoms with Crippen LogP contribution in [-0.4, -0.2) is 39.5 Å². The van der Waals surface area contributed by atoms with E-state index in [0.29, 0.717) is 11.9 Å². The zero-order chi connectivity index (χ0) is 13.1. The number of anilines is 2. The first-order valence-corrected chi connectivity index (χ1v) is 7.37. The molecule has 0 bridgehead atoms. The number of fused-ring (bicyclic) bond motifs is 1. The second kappa shape index (κ2) is 5.48. The maximum absolute atomic E-state index is 5.85. The minimum absolute atomic E-state index is 0.440. The topological polar surface area (TPSA) is 59.5 Å². The summed E-state index contributed by atoms with van der Waals surface area (Å²) in [6.45, 7) is 2.19. The molecule has 2 heterocycles. The Labute approximate surface area is 111 Å². The molecule has 0 saturated heterocycles. The number of nitrogens with zero attached hydrogens (tertiary/aromatic N) is 4. The van der Waals surface area contributed by atoms with Crippen LogP contribution in [-0.2, 0) is 0 Å². The van der Waals surface area contributed by atoms with Crippen molar-refractivity contribution in [1.29, 1.82) is 0 Å². The fourth-order valence-corrected chi connectivity index (χ4v) is 2.88. The van der Waals surface area contributed by atoms with E-state index in [4.69, 9.17) is 5.73 Å². The van der Waals surface area contributed by atoms with Crippen LogP contribution < -0.4 is 10.6 Å². The van der Waals surface area contributed by atoms with E-state index in [0.717, 1.165) is 23.6 Å². The molecule has 0 amide bonds. The van der Waals surface area contributed by atoms with Gasteiger partial charge in [-0.25, -0.2) is 9.97 Å². The summed E-state index contributed by atoms with van der Waals surface area (Å²) in [4.78, 5) is 11.0.